The van der Waals surface area contributed by atoms with Crippen LogP contribution in [0.4, 0.5) is 19.3 Å². The molecular weight excluding hydrogens is 548 g/mol. The number of aromatic nitrogens is 2. The molecule has 1 aromatic carbocycles. The number of allylic oxidation sites excluding steroid dienone is 1. The lowest BCUT2D eigenvalue weighted by molar-refractivity contribution is -0.148. The molecule has 0 bridgehead atoms. The Morgan fingerprint density at radius 2 is 2.00 bits per heavy atom. The molecule has 2 fully saturated rings. The monoisotopic (exact) mass is 581 g/mol. The first kappa shape index (κ1) is 29.2. The maximum atomic E-state index is 15.6. The first-order chi connectivity index (χ1) is 20.2. The van der Waals surface area contributed by atoms with E-state index < -0.39 is 29.2 Å². The SMILES string of the molecule is CCOC(=O)C1(C(N)=CC=Nc2cc(F)c(-c3nc4cc(C)ccn4c3CC3CN(C(=O)OC)CCO3)c(F)c2)CC1. The summed E-state index contributed by atoms with van der Waals surface area (Å²) >= 11 is 0. The third-order valence-electron chi connectivity index (χ3n) is 7.58. The van der Waals surface area contributed by atoms with Crippen molar-refractivity contribution < 1.29 is 32.6 Å². The number of halogens is 2. The second-order valence-electron chi connectivity index (χ2n) is 10.4. The van der Waals surface area contributed by atoms with E-state index in [-0.39, 0.29) is 42.5 Å². The molecule has 2 aromatic heterocycles. The molecule has 1 aliphatic heterocycles. The average Bonchev–Trinajstić information content (AvgIpc) is 3.71. The van der Waals surface area contributed by atoms with Crippen molar-refractivity contribution in [3.63, 3.8) is 0 Å². The van der Waals surface area contributed by atoms with E-state index in [4.69, 9.17) is 19.9 Å². The highest BCUT2D eigenvalue weighted by molar-refractivity contribution is 5.86. The number of methoxy groups -OCH3 is 1. The summed E-state index contributed by atoms with van der Waals surface area (Å²) in [5.74, 6) is -2.07. The van der Waals surface area contributed by atoms with Crippen LogP contribution in [-0.2, 0) is 25.4 Å². The van der Waals surface area contributed by atoms with Crippen LogP contribution in [0, 0.1) is 24.0 Å². The average molecular weight is 582 g/mol. The van der Waals surface area contributed by atoms with Gasteiger partial charge in [-0.3, -0.25) is 9.79 Å². The van der Waals surface area contributed by atoms with Crippen LogP contribution in [-0.4, -0.2) is 72.1 Å². The minimum Gasteiger partial charge on any atom is -0.465 e. The standard InChI is InChI=1S/C30H33F2N5O5/c1-4-41-28(38)30(7-8-30)24(33)5-9-34-19-14-21(31)26(22(32)15-19)27-23(37-10-6-18(2)13-25(37)35-27)16-20-17-36(11-12-42-20)29(39)40-3/h5-6,9-10,13-15,20H,4,7-8,11-12,16-17,33H2,1-3H3. The van der Waals surface area contributed by atoms with Gasteiger partial charge in [0, 0.05) is 43.2 Å². The van der Waals surface area contributed by atoms with Crippen LogP contribution in [0.3, 0.4) is 0 Å². The molecule has 42 heavy (non-hydrogen) atoms. The fourth-order valence-corrected chi connectivity index (χ4v) is 5.17. The van der Waals surface area contributed by atoms with Crippen molar-refractivity contribution in [2.24, 2.45) is 16.1 Å². The van der Waals surface area contributed by atoms with E-state index in [0.29, 0.717) is 43.0 Å². The first-order valence-electron chi connectivity index (χ1n) is 13.8. The van der Waals surface area contributed by atoms with Crippen molar-refractivity contribution in [1.82, 2.24) is 14.3 Å². The lowest BCUT2D eigenvalue weighted by atomic mass is 10.0. The third kappa shape index (κ3) is 5.71. The molecule has 1 saturated carbocycles. The zero-order chi connectivity index (χ0) is 30.0. The minimum absolute atomic E-state index is 0.0317. The molecule has 3 heterocycles. The zero-order valence-corrected chi connectivity index (χ0v) is 23.7. The highest BCUT2D eigenvalue weighted by Crippen LogP contribution is 2.51. The van der Waals surface area contributed by atoms with Gasteiger partial charge in [-0.25, -0.2) is 18.6 Å². The number of carbonyl (C=O) groups is 2. The number of hydrogen-bond donors (Lipinski definition) is 1. The molecule has 3 aromatic rings. The number of amides is 1. The Morgan fingerprint density at radius 1 is 1.26 bits per heavy atom. The van der Waals surface area contributed by atoms with Crippen LogP contribution < -0.4 is 5.73 Å². The topological polar surface area (TPSA) is 121 Å². The molecular formula is C30H33F2N5O5. The highest BCUT2D eigenvalue weighted by atomic mass is 19.1. The number of pyridine rings is 1. The summed E-state index contributed by atoms with van der Waals surface area (Å²) in [6.45, 7) is 4.83. The molecule has 1 aliphatic carbocycles. The van der Waals surface area contributed by atoms with Gasteiger partial charge in [0.05, 0.1) is 55.6 Å². The molecule has 1 amide bonds. The van der Waals surface area contributed by atoms with Gasteiger partial charge in [0.25, 0.3) is 0 Å². The molecule has 2 aliphatic rings. The molecule has 222 valence electrons. The zero-order valence-electron chi connectivity index (χ0n) is 23.7. The number of carbonyl (C=O) groups excluding carboxylic acids is 2. The van der Waals surface area contributed by atoms with Crippen LogP contribution in [0.25, 0.3) is 16.9 Å². The predicted molar refractivity (Wildman–Crippen MR) is 151 cm³/mol. The number of ether oxygens (including phenoxy) is 3. The van der Waals surface area contributed by atoms with Gasteiger partial charge < -0.3 is 29.2 Å². The molecule has 12 heteroatoms. The van der Waals surface area contributed by atoms with E-state index in [0.717, 1.165) is 17.7 Å². The van der Waals surface area contributed by atoms with Crippen molar-refractivity contribution in [1.29, 1.82) is 0 Å². The van der Waals surface area contributed by atoms with Crippen molar-refractivity contribution in [2.45, 2.75) is 39.2 Å². The van der Waals surface area contributed by atoms with Crippen LogP contribution in [0.15, 0.2) is 47.2 Å². The van der Waals surface area contributed by atoms with Gasteiger partial charge in [-0.2, -0.15) is 0 Å². The van der Waals surface area contributed by atoms with Gasteiger partial charge in [0.1, 0.15) is 22.7 Å². The van der Waals surface area contributed by atoms with Gasteiger partial charge in [0.2, 0.25) is 0 Å². The smallest absolute Gasteiger partial charge is 0.409 e. The van der Waals surface area contributed by atoms with E-state index in [1.807, 2.05) is 19.1 Å². The van der Waals surface area contributed by atoms with E-state index in [1.54, 1.807) is 17.5 Å². The van der Waals surface area contributed by atoms with Crippen molar-refractivity contribution >= 4 is 29.6 Å². The predicted octanol–water partition coefficient (Wildman–Crippen LogP) is 4.49. The van der Waals surface area contributed by atoms with Crippen LogP contribution in [0.1, 0.15) is 31.0 Å². The number of fused-ring (bicyclic) bond motifs is 1. The van der Waals surface area contributed by atoms with E-state index in [9.17, 15) is 9.59 Å². The molecule has 0 radical (unpaired) electrons. The number of esters is 1. The summed E-state index contributed by atoms with van der Waals surface area (Å²) in [7, 11) is 1.31. The van der Waals surface area contributed by atoms with E-state index >= 15 is 8.78 Å². The second-order valence-corrected chi connectivity index (χ2v) is 10.4. The lowest BCUT2D eigenvalue weighted by Crippen LogP contribution is -2.46. The lowest BCUT2D eigenvalue weighted by Gasteiger charge is -2.32. The molecule has 0 spiro atoms. The van der Waals surface area contributed by atoms with Crippen molar-refractivity contribution in [2.75, 3.05) is 33.4 Å². The summed E-state index contributed by atoms with van der Waals surface area (Å²) in [5.41, 5.74) is 7.44. The first-order valence-corrected chi connectivity index (χ1v) is 13.8. The van der Waals surface area contributed by atoms with Gasteiger partial charge in [0.15, 0.2) is 0 Å². The summed E-state index contributed by atoms with van der Waals surface area (Å²) in [5, 5.41) is 0. The molecule has 1 atom stereocenters. The van der Waals surface area contributed by atoms with Gasteiger partial charge in [-0.15, -0.1) is 0 Å². The number of aliphatic imine (C=N–C) groups is 1. The fraction of sp³-hybridized carbons (Fsp3) is 0.400. The van der Waals surface area contributed by atoms with Gasteiger partial charge >= 0.3 is 12.1 Å². The largest absolute Gasteiger partial charge is 0.465 e. The Morgan fingerprint density at radius 3 is 2.67 bits per heavy atom. The van der Waals surface area contributed by atoms with Gasteiger partial charge in [-0.05, 0) is 50.5 Å². The normalized spacial score (nSPS) is 18.5. The third-order valence-corrected chi connectivity index (χ3v) is 7.58. The molecule has 2 N–H and O–H groups in total. The number of nitrogens with two attached hydrogens (primary N) is 1. The number of benzene rings is 1. The van der Waals surface area contributed by atoms with Crippen LogP contribution in [0.5, 0.6) is 0 Å². The molecule has 1 unspecified atom stereocenters. The Bertz CT molecular complexity index is 1560. The second kappa shape index (κ2) is 11.9. The summed E-state index contributed by atoms with van der Waals surface area (Å²) < 4.78 is 48.8. The Hall–Kier alpha value is -4.32. The van der Waals surface area contributed by atoms with Crippen LogP contribution >= 0.6 is 0 Å². The quantitative estimate of drug-likeness (QED) is 0.308. The molecule has 10 nitrogen and oxygen atoms in total. The molecule has 5 rings (SSSR count). The number of rotatable bonds is 8. The number of imidazole rings is 1. The Balaban J connectivity index is 1.45. The van der Waals surface area contributed by atoms with Gasteiger partial charge in [-0.1, -0.05) is 0 Å². The number of morpholine rings is 1. The van der Waals surface area contributed by atoms with Crippen molar-refractivity contribution in [3.8, 4) is 11.3 Å². The summed E-state index contributed by atoms with van der Waals surface area (Å²) in [6, 6.07) is 5.93. The number of aryl methyl sites for hydroxylation is 1. The minimum atomic E-state index is -0.851. The van der Waals surface area contributed by atoms with E-state index in [2.05, 4.69) is 9.98 Å². The maximum Gasteiger partial charge on any atom is 0.409 e. The number of hydrogen-bond acceptors (Lipinski definition) is 8. The van der Waals surface area contributed by atoms with E-state index in [1.165, 1.54) is 24.3 Å². The maximum absolute atomic E-state index is 15.6. The number of nitrogens with zero attached hydrogens (tertiary/aromatic N) is 4. The molecule has 1 saturated heterocycles. The summed E-state index contributed by atoms with van der Waals surface area (Å²) in [4.78, 5) is 34.6. The van der Waals surface area contributed by atoms with Crippen molar-refractivity contribution in [3.05, 3.63) is 65.1 Å². The Kier molecular flexibility index (Phi) is 8.26. The summed E-state index contributed by atoms with van der Waals surface area (Å²) in [6.07, 6.45) is 5.07. The Labute approximate surface area is 241 Å². The highest BCUT2D eigenvalue weighted by Gasteiger charge is 2.53. The van der Waals surface area contributed by atoms with Crippen LogP contribution in [0.2, 0.25) is 0 Å². The fourth-order valence-electron chi connectivity index (χ4n) is 5.17.